The van der Waals surface area contributed by atoms with Crippen LogP contribution in [0.25, 0.3) is 5.65 Å². The summed E-state index contributed by atoms with van der Waals surface area (Å²) in [6.07, 6.45) is 1.94. The van der Waals surface area contributed by atoms with Crippen LogP contribution in [0.5, 0.6) is 0 Å². The minimum atomic E-state index is -0.249. The van der Waals surface area contributed by atoms with E-state index >= 15 is 0 Å². The first-order chi connectivity index (χ1) is 10.1. The van der Waals surface area contributed by atoms with Crippen molar-refractivity contribution in [2.45, 2.75) is 19.5 Å². The first-order valence-electron chi connectivity index (χ1n) is 6.62. The highest BCUT2D eigenvalue weighted by Gasteiger charge is 2.11. The number of nitrogens with zero attached hydrogens (tertiary/aromatic N) is 3. The monoisotopic (exact) mass is 348 g/mol. The Morgan fingerprint density at radius 1 is 1.29 bits per heavy atom. The molecule has 3 aromatic rings. The topological polar surface area (TPSA) is 42.2 Å². The molecule has 21 heavy (non-hydrogen) atoms. The lowest BCUT2D eigenvalue weighted by molar-refractivity contribution is 0.552. The average Bonchev–Trinajstić information content (AvgIpc) is 2.88. The van der Waals surface area contributed by atoms with Gasteiger partial charge in [-0.05, 0) is 36.8 Å². The zero-order valence-corrected chi connectivity index (χ0v) is 13.0. The Kier molecular flexibility index (Phi) is 3.98. The molecule has 6 heteroatoms. The largest absolute Gasteiger partial charge is 0.303 e. The van der Waals surface area contributed by atoms with Crippen LogP contribution in [0.2, 0.25) is 0 Å². The summed E-state index contributed by atoms with van der Waals surface area (Å²) in [5.74, 6) is 0.594. The molecule has 2 heterocycles. The van der Waals surface area contributed by atoms with Crippen molar-refractivity contribution in [2.75, 3.05) is 0 Å². The van der Waals surface area contributed by atoms with Crippen LogP contribution in [-0.4, -0.2) is 14.6 Å². The fourth-order valence-electron chi connectivity index (χ4n) is 2.22. The van der Waals surface area contributed by atoms with E-state index in [1.54, 1.807) is 6.07 Å². The Hall–Kier alpha value is -1.79. The highest BCUT2D eigenvalue weighted by molar-refractivity contribution is 9.10. The Balaban J connectivity index is 1.75. The summed E-state index contributed by atoms with van der Waals surface area (Å²) in [4.78, 5) is 0. The molecule has 0 amide bonds. The summed E-state index contributed by atoms with van der Waals surface area (Å²) in [7, 11) is 0. The van der Waals surface area contributed by atoms with E-state index in [0.717, 1.165) is 21.5 Å². The zero-order chi connectivity index (χ0) is 14.8. The van der Waals surface area contributed by atoms with Crippen molar-refractivity contribution in [3.63, 3.8) is 0 Å². The summed E-state index contributed by atoms with van der Waals surface area (Å²) in [6.45, 7) is 2.61. The van der Waals surface area contributed by atoms with Crippen LogP contribution >= 0.6 is 15.9 Å². The lowest BCUT2D eigenvalue weighted by Crippen LogP contribution is -2.20. The van der Waals surface area contributed by atoms with E-state index < -0.39 is 0 Å². The van der Waals surface area contributed by atoms with E-state index in [1.165, 1.54) is 12.1 Å². The maximum Gasteiger partial charge on any atom is 0.160 e. The van der Waals surface area contributed by atoms with Crippen LogP contribution in [0, 0.1) is 5.82 Å². The molecule has 0 aliphatic rings. The van der Waals surface area contributed by atoms with Gasteiger partial charge in [0.15, 0.2) is 11.5 Å². The molecule has 0 fully saturated rings. The van der Waals surface area contributed by atoms with Gasteiger partial charge in [0.05, 0.1) is 6.54 Å². The number of nitrogens with one attached hydrogen (secondary N) is 1. The highest BCUT2D eigenvalue weighted by atomic mass is 79.9. The van der Waals surface area contributed by atoms with Crippen LogP contribution in [0.15, 0.2) is 47.1 Å². The molecular formula is C15H14BrFN4. The summed E-state index contributed by atoms with van der Waals surface area (Å²) in [5.41, 5.74) is 1.83. The van der Waals surface area contributed by atoms with E-state index in [0.29, 0.717) is 6.54 Å². The van der Waals surface area contributed by atoms with Gasteiger partial charge in [-0.25, -0.2) is 4.39 Å². The second-order valence-electron chi connectivity index (χ2n) is 4.81. The molecule has 1 N–H and O–H groups in total. The van der Waals surface area contributed by atoms with Gasteiger partial charge in [-0.15, -0.1) is 10.2 Å². The predicted octanol–water partition coefficient (Wildman–Crippen LogP) is 3.48. The van der Waals surface area contributed by atoms with Gasteiger partial charge >= 0.3 is 0 Å². The Morgan fingerprint density at radius 2 is 2.14 bits per heavy atom. The molecule has 2 aromatic heterocycles. The van der Waals surface area contributed by atoms with E-state index in [-0.39, 0.29) is 11.9 Å². The maximum atomic E-state index is 13.1. The van der Waals surface area contributed by atoms with Crippen molar-refractivity contribution < 1.29 is 4.39 Å². The second-order valence-corrected chi connectivity index (χ2v) is 5.67. The minimum absolute atomic E-state index is 0.0658. The average molecular weight is 349 g/mol. The van der Waals surface area contributed by atoms with Crippen molar-refractivity contribution in [1.29, 1.82) is 0 Å². The van der Waals surface area contributed by atoms with Crippen molar-refractivity contribution in [3.05, 3.63) is 64.3 Å². The van der Waals surface area contributed by atoms with Crippen molar-refractivity contribution in [2.24, 2.45) is 0 Å². The summed E-state index contributed by atoms with van der Waals surface area (Å²) in [6, 6.07) is 10.6. The van der Waals surface area contributed by atoms with Gasteiger partial charge < -0.3 is 5.32 Å². The number of pyridine rings is 1. The van der Waals surface area contributed by atoms with E-state index in [2.05, 4.69) is 31.4 Å². The van der Waals surface area contributed by atoms with E-state index in [4.69, 9.17) is 0 Å². The SMILES string of the molecule is CC(NCc1nnc2ccccn12)c1ccc(F)cc1Br. The molecule has 0 spiro atoms. The summed E-state index contributed by atoms with van der Waals surface area (Å²) >= 11 is 3.39. The first-order valence-corrected chi connectivity index (χ1v) is 7.41. The van der Waals surface area contributed by atoms with Gasteiger partial charge in [0, 0.05) is 16.7 Å². The minimum Gasteiger partial charge on any atom is -0.303 e. The third-order valence-electron chi connectivity index (χ3n) is 3.38. The lowest BCUT2D eigenvalue weighted by atomic mass is 10.1. The second kappa shape index (κ2) is 5.91. The van der Waals surface area contributed by atoms with Gasteiger partial charge in [-0.1, -0.05) is 28.1 Å². The summed E-state index contributed by atoms with van der Waals surface area (Å²) < 4.78 is 15.8. The molecule has 0 radical (unpaired) electrons. The van der Waals surface area contributed by atoms with Crippen molar-refractivity contribution in [1.82, 2.24) is 19.9 Å². The molecular weight excluding hydrogens is 335 g/mol. The number of hydrogen-bond donors (Lipinski definition) is 1. The Bertz CT molecular complexity index is 771. The number of halogens is 2. The van der Waals surface area contributed by atoms with Gasteiger partial charge in [-0.2, -0.15) is 0 Å². The van der Waals surface area contributed by atoms with Gasteiger partial charge in [-0.3, -0.25) is 4.40 Å². The van der Waals surface area contributed by atoms with E-state index in [9.17, 15) is 4.39 Å². The molecule has 1 unspecified atom stereocenters. The molecule has 0 aliphatic heterocycles. The standard InChI is InChI=1S/C15H14BrFN4/c1-10(12-6-5-11(17)8-13(12)16)18-9-15-20-19-14-4-2-3-7-21(14)15/h2-8,10,18H,9H2,1H3. The highest BCUT2D eigenvalue weighted by Crippen LogP contribution is 2.24. The molecule has 0 saturated carbocycles. The zero-order valence-electron chi connectivity index (χ0n) is 11.4. The third kappa shape index (κ3) is 2.96. The van der Waals surface area contributed by atoms with Gasteiger partial charge in [0.25, 0.3) is 0 Å². The smallest absolute Gasteiger partial charge is 0.160 e. The maximum absolute atomic E-state index is 13.1. The number of rotatable bonds is 4. The van der Waals surface area contributed by atoms with Crippen molar-refractivity contribution in [3.8, 4) is 0 Å². The number of benzene rings is 1. The van der Waals surface area contributed by atoms with Crippen LogP contribution in [0.1, 0.15) is 24.4 Å². The molecule has 0 bridgehead atoms. The predicted molar refractivity (Wildman–Crippen MR) is 82.3 cm³/mol. The van der Waals surface area contributed by atoms with Crippen LogP contribution < -0.4 is 5.32 Å². The first kappa shape index (κ1) is 14.2. The van der Waals surface area contributed by atoms with Gasteiger partial charge in [0.1, 0.15) is 5.82 Å². The molecule has 3 rings (SSSR count). The van der Waals surface area contributed by atoms with Crippen molar-refractivity contribution >= 4 is 21.6 Å². The Labute approximate surface area is 130 Å². The third-order valence-corrected chi connectivity index (χ3v) is 4.07. The molecule has 1 aromatic carbocycles. The van der Waals surface area contributed by atoms with Crippen LogP contribution in [0.3, 0.4) is 0 Å². The van der Waals surface area contributed by atoms with Crippen LogP contribution in [-0.2, 0) is 6.54 Å². The fourth-order valence-corrected chi connectivity index (χ4v) is 2.91. The number of hydrogen-bond acceptors (Lipinski definition) is 3. The number of fused-ring (bicyclic) bond motifs is 1. The van der Waals surface area contributed by atoms with E-state index in [1.807, 2.05) is 35.7 Å². The molecule has 0 saturated heterocycles. The molecule has 0 aliphatic carbocycles. The molecule has 4 nitrogen and oxygen atoms in total. The fraction of sp³-hybridized carbons (Fsp3) is 0.200. The quantitative estimate of drug-likeness (QED) is 0.784. The van der Waals surface area contributed by atoms with Gasteiger partial charge in [0.2, 0.25) is 0 Å². The van der Waals surface area contributed by atoms with Crippen LogP contribution in [0.4, 0.5) is 4.39 Å². The Morgan fingerprint density at radius 3 is 2.95 bits per heavy atom. The summed E-state index contributed by atoms with van der Waals surface area (Å²) in [5, 5.41) is 11.7. The normalized spacial score (nSPS) is 12.7. The molecule has 1 atom stereocenters. The molecule has 108 valence electrons. The number of aromatic nitrogens is 3. The lowest BCUT2D eigenvalue weighted by Gasteiger charge is -2.15.